The fourth-order valence-corrected chi connectivity index (χ4v) is 3.44. The van der Waals surface area contributed by atoms with Gasteiger partial charge in [-0.3, -0.25) is 9.69 Å². The zero-order valence-electron chi connectivity index (χ0n) is 16.1. The number of H-pyrrole nitrogens is 1. The number of carbonyl (C=O) groups excluding carboxylic acids is 1. The summed E-state index contributed by atoms with van der Waals surface area (Å²) in [6.45, 7) is 7.51. The van der Waals surface area contributed by atoms with Crippen LogP contribution in [0, 0.1) is 0 Å². The zero-order chi connectivity index (χ0) is 19.5. The molecule has 4 aromatic rings. The van der Waals surface area contributed by atoms with Gasteiger partial charge in [0, 0.05) is 48.1 Å². The molecule has 28 heavy (non-hydrogen) atoms. The Kier molecular flexibility index (Phi) is 5.08. The molecule has 0 unspecified atom stereocenters. The number of amides is 1. The van der Waals surface area contributed by atoms with E-state index in [-0.39, 0.29) is 5.91 Å². The highest BCUT2D eigenvalue weighted by molar-refractivity contribution is 5.99. The normalized spacial score (nSPS) is 11.5. The molecule has 3 heterocycles. The van der Waals surface area contributed by atoms with E-state index in [1.54, 1.807) is 10.7 Å². The lowest BCUT2D eigenvalue weighted by Gasteiger charge is -2.17. The van der Waals surface area contributed by atoms with Crippen molar-refractivity contribution in [2.45, 2.75) is 26.9 Å². The molecule has 0 radical (unpaired) electrons. The number of hydrogen-bond donors (Lipinski definition) is 2. The highest BCUT2D eigenvalue weighted by Gasteiger charge is 2.15. The van der Waals surface area contributed by atoms with E-state index >= 15 is 0 Å². The fourth-order valence-electron chi connectivity index (χ4n) is 3.44. The lowest BCUT2D eigenvalue weighted by molar-refractivity contribution is 0.0952. The van der Waals surface area contributed by atoms with Crippen molar-refractivity contribution in [1.29, 1.82) is 0 Å². The van der Waals surface area contributed by atoms with Gasteiger partial charge < -0.3 is 10.3 Å². The number of aromatic amines is 1. The third kappa shape index (κ3) is 3.48. The Balaban J connectivity index is 1.50. The summed E-state index contributed by atoms with van der Waals surface area (Å²) in [4.78, 5) is 22.7. The van der Waals surface area contributed by atoms with Crippen molar-refractivity contribution in [2.24, 2.45) is 0 Å². The molecule has 0 fully saturated rings. The molecule has 0 saturated carbocycles. The standard InChI is InChI=1S/C21H24N6O/c1-3-26(4-2)13-15-10-23-20-18(12-25-27(20)14-15)21(28)24-11-16-6-5-7-19-17(16)8-9-22-19/h5-10,12,14,22H,3-4,11,13H2,1-2H3,(H,24,28). The molecule has 2 N–H and O–H groups in total. The minimum Gasteiger partial charge on any atom is -0.361 e. The highest BCUT2D eigenvalue weighted by Crippen LogP contribution is 2.17. The van der Waals surface area contributed by atoms with Gasteiger partial charge in [-0.1, -0.05) is 26.0 Å². The molecule has 1 aromatic carbocycles. The van der Waals surface area contributed by atoms with Gasteiger partial charge in [-0.05, 0) is 30.8 Å². The smallest absolute Gasteiger partial charge is 0.257 e. The van der Waals surface area contributed by atoms with Crippen molar-refractivity contribution in [3.8, 4) is 0 Å². The topological polar surface area (TPSA) is 78.3 Å². The van der Waals surface area contributed by atoms with Gasteiger partial charge in [0.25, 0.3) is 5.91 Å². The Morgan fingerprint density at radius 2 is 2.07 bits per heavy atom. The first-order valence-corrected chi connectivity index (χ1v) is 9.57. The van der Waals surface area contributed by atoms with Crippen LogP contribution in [0.2, 0.25) is 0 Å². The van der Waals surface area contributed by atoms with Crippen LogP contribution in [0.4, 0.5) is 0 Å². The molecule has 1 amide bonds. The summed E-state index contributed by atoms with van der Waals surface area (Å²) in [7, 11) is 0. The quantitative estimate of drug-likeness (QED) is 0.520. The molecule has 0 aliphatic carbocycles. The van der Waals surface area contributed by atoms with Gasteiger partial charge in [0.15, 0.2) is 5.65 Å². The zero-order valence-corrected chi connectivity index (χ0v) is 16.1. The van der Waals surface area contributed by atoms with Crippen LogP contribution in [0.25, 0.3) is 16.6 Å². The molecular formula is C21H24N6O. The summed E-state index contributed by atoms with van der Waals surface area (Å²) < 4.78 is 1.68. The van der Waals surface area contributed by atoms with Crippen molar-refractivity contribution >= 4 is 22.5 Å². The van der Waals surface area contributed by atoms with Crippen LogP contribution in [-0.2, 0) is 13.1 Å². The molecule has 0 aliphatic rings. The third-order valence-electron chi connectivity index (χ3n) is 5.08. The van der Waals surface area contributed by atoms with Gasteiger partial charge >= 0.3 is 0 Å². The lowest BCUT2D eigenvalue weighted by Crippen LogP contribution is -2.23. The Labute approximate surface area is 163 Å². The van der Waals surface area contributed by atoms with Gasteiger partial charge in [0.05, 0.1) is 6.20 Å². The maximum absolute atomic E-state index is 12.7. The molecule has 144 valence electrons. The van der Waals surface area contributed by atoms with E-state index in [0.717, 1.165) is 41.7 Å². The summed E-state index contributed by atoms with van der Waals surface area (Å²) in [5.41, 5.74) is 4.25. The molecule has 0 atom stereocenters. The van der Waals surface area contributed by atoms with Gasteiger partial charge in [-0.2, -0.15) is 5.10 Å². The second kappa shape index (κ2) is 7.82. The number of carbonyl (C=O) groups is 1. The van der Waals surface area contributed by atoms with E-state index in [0.29, 0.717) is 17.8 Å². The lowest BCUT2D eigenvalue weighted by atomic mass is 10.1. The predicted octanol–water partition coefficient (Wildman–Crippen LogP) is 2.98. The Morgan fingerprint density at radius 1 is 1.21 bits per heavy atom. The molecular weight excluding hydrogens is 352 g/mol. The first-order valence-electron chi connectivity index (χ1n) is 9.57. The molecule has 0 saturated heterocycles. The van der Waals surface area contributed by atoms with Crippen molar-refractivity contribution in [3.63, 3.8) is 0 Å². The van der Waals surface area contributed by atoms with Crippen molar-refractivity contribution in [1.82, 2.24) is 29.8 Å². The highest BCUT2D eigenvalue weighted by atomic mass is 16.1. The van der Waals surface area contributed by atoms with Crippen LogP contribution in [0.3, 0.4) is 0 Å². The Hall–Kier alpha value is -3.19. The van der Waals surface area contributed by atoms with E-state index in [1.807, 2.05) is 42.9 Å². The molecule has 3 aromatic heterocycles. The molecule has 7 nitrogen and oxygen atoms in total. The molecule has 0 bridgehead atoms. The maximum atomic E-state index is 12.7. The Bertz CT molecular complexity index is 1110. The molecule has 0 spiro atoms. The van der Waals surface area contributed by atoms with Crippen LogP contribution >= 0.6 is 0 Å². The number of hydrogen-bond acceptors (Lipinski definition) is 4. The van der Waals surface area contributed by atoms with Crippen molar-refractivity contribution in [3.05, 3.63) is 65.7 Å². The van der Waals surface area contributed by atoms with E-state index in [4.69, 9.17) is 0 Å². The van der Waals surface area contributed by atoms with Crippen molar-refractivity contribution < 1.29 is 4.79 Å². The third-order valence-corrected chi connectivity index (χ3v) is 5.08. The van der Waals surface area contributed by atoms with E-state index in [2.05, 4.69) is 39.1 Å². The second-order valence-electron chi connectivity index (χ2n) is 6.79. The SMILES string of the molecule is CCN(CC)Cc1cnc2c(C(=O)NCc3cccc4[nH]ccc34)cnn2c1. The van der Waals surface area contributed by atoms with Crippen LogP contribution in [0.1, 0.15) is 35.3 Å². The van der Waals surface area contributed by atoms with E-state index in [9.17, 15) is 4.79 Å². The van der Waals surface area contributed by atoms with Crippen LogP contribution < -0.4 is 5.32 Å². The number of nitrogens with zero attached hydrogens (tertiary/aromatic N) is 4. The first kappa shape index (κ1) is 18.2. The largest absolute Gasteiger partial charge is 0.361 e. The molecule has 4 rings (SSSR count). The fraction of sp³-hybridized carbons (Fsp3) is 0.286. The minimum atomic E-state index is -0.175. The van der Waals surface area contributed by atoms with Crippen molar-refractivity contribution in [2.75, 3.05) is 13.1 Å². The number of nitrogens with one attached hydrogen (secondary N) is 2. The predicted molar refractivity (Wildman–Crippen MR) is 109 cm³/mol. The Morgan fingerprint density at radius 3 is 2.89 bits per heavy atom. The number of fused-ring (bicyclic) bond motifs is 2. The molecule has 7 heteroatoms. The summed E-state index contributed by atoms with van der Waals surface area (Å²) in [6.07, 6.45) is 7.25. The second-order valence-corrected chi connectivity index (χ2v) is 6.79. The first-order chi connectivity index (χ1) is 13.7. The van der Waals surface area contributed by atoms with Gasteiger partial charge in [-0.15, -0.1) is 0 Å². The summed E-state index contributed by atoms with van der Waals surface area (Å²) >= 11 is 0. The van der Waals surface area contributed by atoms with Gasteiger partial charge in [-0.25, -0.2) is 9.50 Å². The number of aromatic nitrogens is 4. The average Bonchev–Trinajstić information content (AvgIpc) is 3.37. The van der Waals surface area contributed by atoms with E-state index < -0.39 is 0 Å². The van der Waals surface area contributed by atoms with E-state index in [1.165, 1.54) is 0 Å². The van der Waals surface area contributed by atoms with Gasteiger partial charge in [0.2, 0.25) is 0 Å². The van der Waals surface area contributed by atoms with Crippen LogP contribution in [-0.4, -0.2) is 43.5 Å². The summed E-state index contributed by atoms with van der Waals surface area (Å²) in [5.74, 6) is -0.175. The van der Waals surface area contributed by atoms with Gasteiger partial charge in [0.1, 0.15) is 5.56 Å². The summed E-state index contributed by atoms with van der Waals surface area (Å²) in [5, 5.41) is 8.42. The molecule has 0 aliphatic heterocycles. The average molecular weight is 376 g/mol. The number of benzene rings is 1. The minimum absolute atomic E-state index is 0.175. The van der Waals surface area contributed by atoms with Crippen LogP contribution in [0.5, 0.6) is 0 Å². The maximum Gasteiger partial charge on any atom is 0.257 e. The van der Waals surface area contributed by atoms with Crippen LogP contribution in [0.15, 0.2) is 49.1 Å². The number of rotatable bonds is 7. The summed E-state index contributed by atoms with van der Waals surface area (Å²) in [6, 6.07) is 8.04. The monoisotopic (exact) mass is 376 g/mol.